The van der Waals surface area contributed by atoms with Crippen molar-refractivity contribution in [2.75, 3.05) is 33.8 Å². The lowest BCUT2D eigenvalue weighted by molar-refractivity contribution is -0.129. The van der Waals surface area contributed by atoms with E-state index in [1.165, 1.54) is 43.3 Å². The van der Waals surface area contributed by atoms with Crippen LogP contribution < -0.4 is 0 Å². The maximum atomic E-state index is 12.1. The maximum absolute atomic E-state index is 12.1. The van der Waals surface area contributed by atoms with Crippen LogP contribution in [0.1, 0.15) is 6.92 Å². The quantitative estimate of drug-likeness (QED) is 0.501. The molecule has 0 bridgehead atoms. The molecule has 144 valence electrons. The number of hydrogen-bond donors (Lipinski definition) is 1. The lowest BCUT2D eigenvalue weighted by atomic mass is 10.2. The van der Waals surface area contributed by atoms with E-state index < -0.39 is 28.0 Å². The van der Waals surface area contributed by atoms with Crippen LogP contribution in [0.4, 0.5) is 10.5 Å². The van der Waals surface area contributed by atoms with Gasteiger partial charge in [0.15, 0.2) is 0 Å². The van der Waals surface area contributed by atoms with Crippen molar-refractivity contribution in [3.63, 3.8) is 0 Å². The topological polar surface area (TPSA) is 134 Å². The van der Waals surface area contributed by atoms with Crippen LogP contribution in [0.15, 0.2) is 34.3 Å². The Hall–Kier alpha value is -2.53. The van der Waals surface area contributed by atoms with Crippen molar-refractivity contribution in [1.82, 2.24) is 9.80 Å². The molecule has 0 heterocycles. The fourth-order valence-electron chi connectivity index (χ4n) is 1.89. The van der Waals surface area contributed by atoms with Crippen molar-refractivity contribution < 1.29 is 27.3 Å². The van der Waals surface area contributed by atoms with Gasteiger partial charge in [0.2, 0.25) is 5.91 Å². The van der Waals surface area contributed by atoms with E-state index >= 15 is 0 Å². The number of amides is 2. The second-order valence-corrected chi connectivity index (χ2v) is 7.50. The van der Waals surface area contributed by atoms with Crippen molar-refractivity contribution >= 4 is 27.8 Å². The molecule has 0 saturated carbocycles. The van der Waals surface area contributed by atoms with Crippen LogP contribution in [0.25, 0.3) is 0 Å². The van der Waals surface area contributed by atoms with Gasteiger partial charge in [-0.05, 0) is 35.4 Å². The second kappa shape index (κ2) is 9.25. The molecule has 0 aromatic heterocycles. The highest BCUT2D eigenvalue weighted by Crippen LogP contribution is 2.18. The largest absolute Gasteiger partial charge is 0.465 e. The molecule has 0 aliphatic heterocycles. The van der Waals surface area contributed by atoms with Crippen molar-refractivity contribution in [3.8, 4) is 0 Å². The molecule has 1 atom stereocenters. The summed E-state index contributed by atoms with van der Waals surface area (Å²) in [5.74, 6) is -0.872. The first-order valence-corrected chi connectivity index (χ1v) is 8.98. The Kier molecular flexibility index (Phi) is 7.65. The number of carbonyl (C=O) groups is 2. The molecule has 26 heavy (non-hydrogen) atoms. The molecule has 0 unspecified atom stereocenters. The zero-order chi connectivity index (χ0) is 19.9. The highest BCUT2D eigenvalue weighted by Gasteiger charge is 2.22. The second-order valence-electron chi connectivity index (χ2n) is 5.88. The normalized spacial score (nSPS) is 12.3. The monoisotopic (exact) mass is 387 g/mol. The van der Waals surface area contributed by atoms with Gasteiger partial charge < -0.3 is 10.0 Å². The highest BCUT2D eigenvalue weighted by atomic mass is 32.2. The van der Waals surface area contributed by atoms with E-state index in [1.54, 1.807) is 6.92 Å². The van der Waals surface area contributed by atoms with Gasteiger partial charge in [0.05, 0.1) is 11.5 Å². The Morgan fingerprint density at radius 3 is 2.27 bits per heavy atom. The van der Waals surface area contributed by atoms with Gasteiger partial charge in [-0.1, -0.05) is 6.92 Å². The molecule has 11 heteroatoms. The Bertz CT molecular complexity index is 747. The van der Waals surface area contributed by atoms with Crippen molar-refractivity contribution in [2.24, 2.45) is 11.1 Å². The van der Waals surface area contributed by atoms with Crippen LogP contribution in [-0.2, 0) is 19.1 Å². The molecule has 1 N–H and O–H groups in total. The van der Waals surface area contributed by atoms with E-state index in [-0.39, 0.29) is 30.3 Å². The smallest absolute Gasteiger partial charge is 0.407 e. The van der Waals surface area contributed by atoms with Crippen LogP contribution in [-0.4, -0.2) is 69.1 Å². The van der Waals surface area contributed by atoms with Gasteiger partial charge >= 0.3 is 6.09 Å². The van der Waals surface area contributed by atoms with Crippen LogP contribution in [0.2, 0.25) is 0 Å². The molecule has 0 aliphatic rings. The third-order valence-corrected chi connectivity index (χ3v) is 4.66. The van der Waals surface area contributed by atoms with Gasteiger partial charge in [-0.25, -0.2) is 4.79 Å². The molecular formula is C15H21N3O7S. The van der Waals surface area contributed by atoms with E-state index in [9.17, 15) is 22.9 Å². The summed E-state index contributed by atoms with van der Waals surface area (Å²) >= 11 is 0. The van der Waals surface area contributed by atoms with Crippen LogP contribution in [0.3, 0.4) is 0 Å². The van der Waals surface area contributed by atoms with Crippen molar-refractivity contribution in [3.05, 3.63) is 29.2 Å². The highest BCUT2D eigenvalue weighted by molar-refractivity contribution is 7.86. The van der Waals surface area contributed by atoms with Gasteiger partial charge in [0.25, 0.3) is 10.1 Å². The van der Waals surface area contributed by atoms with E-state index in [1.807, 2.05) is 0 Å². The van der Waals surface area contributed by atoms with E-state index in [0.717, 1.165) is 4.90 Å². The Balaban J connectivity index is 2.67. The Morgan fingerprint density at radius 2 is 1.81 bits per heavy atom. The molecule has 0 fully saturated rings. The van der Waals surface area contributed by atoms with Gasteiger partial charge in [-0.2, -0.15) is 8.42 Å². The SMILES string of the molecule is C[C@H](COS(=O)(=O)c1ccc(N=O)cc1)CN(CC(=O)N(C)C)C(=O)O. The molecule has 1 rings (SSSR count). The summed E-state index contributed by atoms with van der Waals surface area (Å²) in [5, 5.41) is 11.8. The molecule has 1 aromatic carbocycles. The predicted octanol–water partition coefficient (Wildman–Crippen LogP) is 1.49. The minimum atomic E-state index is -4.06. The summed E-state index contributed by atoms with van der Waals surface area (Å²) < 4.78 is 29.1. The van der Waals surface area contributed by atoms with Gasteiger partial charge in [-0.15, -0.1) is 4.91 Å². The first kappa shape index (κ1) is 21.5. The zero-order valence-corrected chi connectivity index (χ0v) is 15.5. The summed E-state index contributed by atoms with van der Waals surface area (Å²) in [6.07, 6.45) is -1.29. The molecule has 0 saturated heterocycles. The number of nitroso groups, excluding NO2 is 1. The minimum absolute atomic E-state index is 0.0710. The summed E-state index contributed by atoms with van der Waals surface area (Å²) in [5.41, 5.74) is 0.0833. The summed E-state index contributed by atoms with van der Waals surface area (Å²) in [4.78, 5) is 35.3. The molecule has 2 amide bonds. The van der Waals surface area contributed by atoms with Crippen LogP contribution in [0.5, 0.6) is 0 Å². The third kappa shape index (κ3) is 6.41. The fraction of sp³-hybridized carbons (Fsp3) is 0.467. The lowest BCUT2D eigenvalue weighted by Gasteiger charge is -2.23. The number of carbonyl (C=O) groups excluding carboxylic acids is 1. The van der Waals surface area contributed by atoms with E-state index in [4.69, 9.17) is 9.29 Å². The summed E-state index contributed by atoms with van der Waals surface area (Å²) in [6.45, 7) is 0.930. The first-order chi connectivity index (χ1) is 12.1. The number of hydrogen-bond acceptors (Lipinski definition) is 7. The number of rotatable bonds is 9. The van der Waals surface area contributed by atoms with Crippen LogP contribution >= 0.6 is 0 Å². The van der Waals surface area contributed by atoms with Crippen molar-refractivity contribution in [1.29, 1.82) is 0 Å². The number of carboxylic acid groups (broad SMARTS) is 1. The van der Waals surface area contributed by atoms with E-state index in [0.29, 0.717) is 0 Å². The average molecular weight is 387 g/mol. The molecular weight excluding hydrogens is 366 g/mol. The number of benzene rings is 1. The maximum Gasteiger partial charge on any atom is 0.407 e. The zero-order valence-electron chi connectivity index (χ0n) is 14.7. The Morgan fingerprint density at radius 1 is 1.23 bits per heavy atom. The number of likely N-dealkylation sites (N-methyl/N-ethyl adjacent to an activating group) is 1. The summed E-state index contributed by atoms with van der Waals surface area (Å²) in [7, 11) is -1.04. The third-order valence-electron chi connectivity index (χ3n) is 3.37. The average Bonchev–Trinajstić information content (AvgIpc) is 2.59. The predicted molar refractivity (Wildman–Crippen MR) is 92.5 cm³/mol. The molecule has 0 aliphatic carbocycles. The first-order valence-electron chi connectivity index (χ1n) is 7.57. The van der Waals surface area contributed by atoms with Crippen molar-refractivity contribution in [2.45, 2.75) is 11.8 Å². The molecule has 0 spiro atoms. The molecule has 1 aromatic rings. The summed E-state index contributed by atoms with van der Waals surface area (Å²) in [6, 6.07) is 4.86. The van der Waals surface area contributed by atoms with E-state index in [2.05, 4.69) is 5.18 Å². The van der Waals surface area contributed by atoms with Gasteiger partial charge in [0.1, 0.15) is 12.2 Å². The van der Waals surface area contributed by atoms with Gasteiger partial charge in [-0.3, -0.25) is 13.9 Å². The fourth-order valence-corrected chi connectivity index (χ4v) is 2.91. The standard InChI is InChI=1S/C15H21N3O7S/c1-11(8-18(15(20)21)9-14(19)17(2)3)10-25-26(23,24)13-6-4-12(16-22)5-7-13/h4-7,11H,8-10H2,1-3H3,(H,20,21)/t11-/m0/s1. The minimum Gasteiger partial charge on any atom is -0.465 e. The lowest BCUT2D eigenvalue weighted by Crippen LogP contribution is -2.42. The molecule has 10 nitrogen and oxygen atoms in total. The van der Waals surface area contributed by atoms with Crippen LogP contribution in [0, 0.1) is 10.8 Å². The number of nitrogens with zero attached hydrogens (tertiary/aromatic N) is 3. The molecule has 0 radical (unpaired) electrons. The van der Waals surface area contributed by atoms with Gasteiger partial charge in [0, 0.05) is 20.6 Å². The Labute approximate surface area is 151 Å².